The summed E-state index contributed by atoms with van der Waals surface area (Å²) in [6.45, 7) is 1.44. The number of phenolic OH excluding ortho intramolecular Hbond substituents is 1. The summed E-state index contributed by atoms with van der Waals surface area (Å²) in [6.07, 6.45) is 1.63. The topological polar surface area (TPSA) is 62.2 Å². The van der Waals surface area contributed by atoms with E-state index in [0.29, 0.717) is 16.1 Å². The monoisotopic (exact) mass is 326 g/mol. The number of hydrogen-bond acceptors (Lipinski definition) is 3. The molecule has 0 spiro atoms. The van der Waals surface area contributed by atoms with Gasteiger partial charge in [0.25, 0.3) is 0 Å². The molecular weight excluding hydrogens is 312 g/mol. The number of pyridine rings is 1. The highest BCUT2D eigenvalue weighted by atomic mass is 35.5. The van der Waals surface area contributed by atoms with Crippen LogP contribution in [0.4, 0.5) is 0 Å². The Labute approximate surface area is 138 Å². The summed E-state index contributed by atoms with van der Waals surface area (Å²) >= 11 is 5.93. The molecule has 5 heteroatoms. The van der Waals surface area contributed by atoms with Crippen LogP contribution in [0.5, 0.6) is 5.75 Å². The van der Waals surface area contributed by atoms with Gasteiger partial charge in [0.2, 0.25) is 5.91 Å². The van der Waals surface area contributed by atoms with Crippen molar-refractivity contribution in [1.82, 2.24) is 10.3 Å². The minimum atomic E-state index is -0.476. The largest absolute Gasteiger partial charge is 0.505 e. The number of benzene rings is 2. The molecule has 0 unspecified atom stereocenters. The number of amides is 1. The van der Waals surface area contributed by atoms with Crippen molar-refractivity contribution in [2.45, 2.75) is 13.0 Å². The summed E-state index contributed by atoms with van der Waals surface area (Å²) in [6, 6.07) is 14.0. The van der Waals surface area contributed by atoms with Crippen LogP contribution in [-0.4, -0.2) is 16.0 Å². The SMILES string of the molecule is CC(=O)N[C@@H](c1ccc(Cl)cc1)c1ccc2cccnc2c1O. The van der Waals surface area contributed by atoms with E-state index in [-0.39, 0.29) is 11.7 Å². The van der Waals surface area contributed by atoms with E-state index < -0.39 is 6.04 Å². The second kappa shape index (κ2) is 6.26. The van der Waals surface area contributed by atoms with Crippen LogP contribution < -0.4 is 5.32 Å². The second-order valence-corrected chi connectivity index (χ2v) is 5.70. The number of hydrogen-bond donors (Lipinski definition) is 2. The third kappa shape index (κ3) is 3.12. The van der Waals surface area contributed by atoms with Crippen LogP contribution in [0.2, 0.25) is 5.02 Å². The second-order valence-electron chi connectivity index (χ2n) is 5.26. The van der Waals surface area contributed by atoms with Gasteiger partial charge in [-0.05, 0) is 23.8 Å². The van der Waals surface area contributed by atoms with Crippen molar-refractivity contribution in [3.8, 4) is 5.75 Å². The molecule has 2 N–H and O–H groups in total. The van der Waals surface area contributed by atoms with E-state index in [2.05, 4.69) is 10.3 Å². The van der Waals surface area contributed by atoms with Gasteiger partial charge in [0.15, 0.2) is 0 Å². The summed E-state index contributed by atoms with van der Waals surface area (Å²) in [5, 5.41) is 14.9. The number of carbonyl (C=O) groups is 1. The Bertz CT molecular complexity index is 863. The molecule has 0 bridgehead atoms. The predicted molar refractivity (Wildman–Crippen MR) is 90.5 cm³/mol. The van der Waals surface area contributed by atoms with Crippen LogP contribution in [0.15, 0.2) is 54.7 Å². The van der Waals surface area contributed by atoms with E-state index in [1.807, 2.05) is 30.3 Å². The van der Waals surface area contributed by atoms with Gasteiger partial charge in [0.05, 0.1) is 6.04 Å². The fourth-order valence-corrected chi connectivity index (χ4v) is 2.70. The van der Waals surface area contributed by atoms with E-state index >= 15 is 0 Å². The minimum absolute atomic E-state index is 0.0665. The lowest BCUT2D eigenvalue weighted by Gasteiger charge is -2.20. The molecule has 1 aromatic heterocycles. The van der Waals surface area contributed by atoms with Gasteiger partial charge in [-0.15, -0.1) is 0 Å². The molecule has 1 amide bonds. The van der Waals surface area contributed by atoms with Gasteiger partial charge in [-0.1, -0.05) is 41.9 Å². The van der Waals surface area contributed by atoms with Gasteiger partial charge in [-0.3, -0.25) is 9.78 Å². The van der Waals surface area contributed by atoms with Crippen LogP contribution >= 0.6 is 11.6 Å². The summed E-state index contributed by atoms with van der Waals surface area (Å²) in [4.78, 5) is 15.8. The summed E-state index contributed by atoms with van der Waals surface area (Å²) < 4.78 is 0. The van der Waals surface area contributed by atoms with Crippen molar-refractivity contribution >= 4 is 28.4 Å². The van der Waals surface area contributed by atoms with Gasteiger partial charge >= 0.3 is 0 Å². The van der Waals surface area contributed by atoms with E-state index in [1.165, 1.54) is 6.92 Å². The van der Waals surface area contributed by atoms with Crippen LogP contribution in [0.1, 0.15) is 24.1 Å². The molecule has 0 saturated carbocycles. The summed E-state index contributed by atoms with van der Waals surface area (Å²) in [5.41, 5.74) is 1.93. The maximum Gasteiger partial charge on any atom is 0.217 e. The van der Waals surface area contributed by atoms with Crippen molar-refractivity contribution in [3.05, 3.63) is 70.9 Å². The molecule has 3 rings (SSSR count). The first-order valence-corrected chi connectivity index (χ1v) is 7.53. The van der Waals surface area contributed by atoms with Crippen molar-refractivity contribution in [1.29, 1.82) is 0 Å². The van der Waals surface area contributed by atoms with E-state index in [9.17, 15) is 9.90 Å². The fraction of sp³-hybridized carbons (Fsp3) is 0.111. The average Bonchev–Trinajstić information content (AvgIpc) is 2.54. The van der Waals surface area contributed by atoms with Gasteiger partial charge in [0.1, 0.15) is 11.3 Å². The number of aromatic hydroxyl groups is 1. The first-order valence-electron chi connectivity index (χ1n) is 7.15. The maximum absolute atomic E-state index is 11.6. The van der Waals surface area contributed by atoms with E-state index in [1.54, 1.807) is 24.4 Å². The lowest BCUT2D eigenvalue weighted by molar-refractivity contribution is -0.119. The normalized spacial score (nSPS) is 12.1. The Morgan fingerprint density at radius 1 is 1.17 bits per heavy atom. The van der Waals surface area contributed by atoms with E-state index in [4.69, 9.17) is 11.6 Å². The molecule has 0 fully saturated rings. The van der Waals surface area contributed by atoms with Crippen molar-refractivity contribution < 1.29 is 9.90 Å². The number of nitrogens with one attached hydrogen (secondary N) is 1. The third-order valence-electron chi connectivity index (χ3n) is 3.64. The minimum Gasteiger partial charge on any atom is -0.505 e. The molecule has 0 aliphatic rings. The summed E-state index contributed by atoms with van der Waals surface area (Å²) in [5.74, 6) is -0.123. The molecule has 0 saturated heterocycles. The number of rotatable bonds is 3. The van der Waals surface area contributed by atoms with Gasteiger partial charge in [-0.25, -0.2) is 0 Å². The Balaban J connectivity index is 2.14. The molecule has 0 aliphatic carbocycles. The molecule has 116 valence electrons. The molecule has 1 heterocycles. The Morgan fingerprint density at radius 3 is 2.61 bits per heavy atom. The molecule has 23 heavy (non-hydrogen) atoms. The summed E-state index contributed by atoms with van der Waals surface area (Å²) in [7, 11) is 0. The zero-order valence-electron chi connectivity index (χ0n) is 12.5. The number of phenols is 1. The molecule has 4 nitrogen and oxygen atoms in total. The molecule has 3 aromatic rings. The van der Waals surface area contributed by atoms with Crippen LogP contribution in [0, 0.1) is 0 Å². The lowest BCUT2D eigenvalue weighted by atomic mass is 9.96. The Kier molecular flexibility index (Phi) is 4.17. The lowest BCUT2D eigenvalue weighted by Crippen LogP contribution is -2.27. The predicted octanol–water partition coefficient (Wildman–Crippen LogP) is 3.82. The quantitative estimate of drug-likeness (QED) is 0.769. The van der Waals surface area contributed by atoms with Crippen molar-refractivity contribution in [3.63, 3.8) is 0 Å². The molecule has 0 aliphatic heterocycles. The maximum atomic E-state index is 11.6. The number of halogens is 1. The number of carbonyl (C=O) groups excluding carboxylic acids is 1. The molecular formula is C18H15ClN2O2. The van der Waals surface area contributed by atoms with Gasteiger partial charge in [0, 0.05) is 29.1 Å². The number of nitrogens with zero attached hydrogens (tertiary/aromatic N) is 1. The highest BCUT2D eigenvalue weighted by Gasteiger charge is 2.20. The molecule has 2 aromatic carbocycles. The van der Waals surface area contributed by atoms with Crippen molar-refractivity contribution in [2.75, 3.05) is 0 Å². The zero-order chi connectivity index (χ0) is 16.4. The Hall–Kier alpha value is -2.59. The van der Waals surface area contributed by atoms with Crippen molar-refractivity contribution in [2.24, 2.45) is 0 Å². The first-order chi connectivity index (χ1) is 11.1. The fourth-order valence-electron chi connectivity index (χ4n) is 2.58. The smallest absolute Gasteiger partial charge is 0.217 e. The standard InChI is InChI=1S/C18H15ClN2O2/c1-11(22)21-16(13-4-7-14(19)8-5-13)15-9-6-12-3-2-10-20-17(12)18(15)23/h2-10,16,23H,1H3,(H,21,22)/t16-/m0/s1. The highest BCUT2D eigenvalue weighted by Crippen LogP contribution is 2.34. The first kappa shape index (κ1) is 15.3. The highest BCUT2D eigenvalue weighted by molar-refractivity contribution is 6.30. The zero-order valence-corrected chi connectivity index (χ0v) is 13.2. The third-order valence-corrected chi connectivity index (χ3v) is 3.89. The number of aromatic nitrogens is 1. The molecule has 0 radical (unpaired) electrons. The van der Waals surface area contributed by atoms with Gasteiger partial charge < -0.3 is 10.4 Å². The number of fused-ring (bicyclic) bond motifs is 1. The van der Waals surface area contributed by atoms with E-state index in [0.717, 1.165) is 10.9 Å². The van der Waals surface area contributed by atoms with Gasteiger partial charge in [-0.2, -0.15) is 0 Å². The van der Waals surface area contributed by atoms with Crippen LogP contribution in [0.3, 0.4) is 0 Å². The Morgan fingerprint density at radius 2 is 1.91 bits per heavy atom. The molecule has 1 atom stereocenters. The van der Waals surface area contributed by atoms with Crippen LogP contribution in [0.25, 0.3) is 10.9 Å². The average molecular weight is 327 g/mol. The van der Waals surface area contributed by atoms with Crippen LogP contribution in [-0.2, 0) is 4.79 Å².